The minimum absolute atomic E-state index is 0.298. The Morgan fingerprint density at radius 1 is 1.22 bits per heavy atom. The SMILES string of the molecule is COC[C@@H]1CN(c2ncc(C#Cc3ccccc3)cn2)C(=O)O1. The van der Waals surface area contributed by atoms with E-state index in [1.807, 2.05) is 30.3 Å². The second kappa shape index (κ2) is 6.90. The zero-order chi connectivity index (χ0) is 16.1. The van der Waals surface area contributed by atoms with Gasteiger partial charge in [-0.25, -0.2) is 19.7 Å². The molecule has 0 unspecified atom stereocenters. The Morgan fingerprint density at radius 3 is 2.61 bits per heavy atom. The molecule has 0 saturated carbocycles. The average Bonchev–Trinajstić information content (AvgIpc) is 2.95. The van der Waals surface area contributed by atoms with Crippen LogP contribution in [0.4, 0.5) is 10.7 Å². The molecular weight excluding hydrogens is 294 g/mol. The molecule has 1 amide bonds. The highest BCUT2D eigenvalue weighted by molar-refractivity contribution is 5.87. The molecule has 1 aromatic heterocycles. The van der Waals surface area contributed by atoms with Gasteiger partial charge < -0.3 is 9.47 Å². The summed E-state index contributed by atoms with van der Waals surface area (Å²) in [4.78, 5) is 21.6. The Hall–Kier alpha value is -2.91. The van der Waals surface area contributed by atoms with Gasteiger partial charge in [0.05, 0.1) is 18.7 Å². The Labute approximate surface area is 134 Å². The number of nitrogens with zero attached hydrogens (tertiary/aromatic N) is 3. The number of hydrogen-bond donors (Lipinski definition) is 0. The van der Waals surface area contributed by atoms with Crippen molar-refractivity contribution in [1.29, 1.82) is 0 Å². The van der Waals surface area contributed by atoms with E-state index in [1.165, 1.54) is 4.90 Å². The Morgan fingerprint density at radius 2 is 1.91 bits per heavy atom. The minimum Gasteiger partial charge on any atom is -0.441 e. The van der Waals surface area contributed by atoms with E-state index in [0.717, 1.165) is 5.56 Å². The van der Waals surface area contributed by atoms with Crippen molar-refractivity contribution in [3.63, 3.8) is 0 Å². The van der Waals surface area contributed by atoms with Gasteiger partial charge in [0.25, 0.3) is 0 Å². The lowest BCUT2D eigenvalue weighted by atomic mass is 10.2. The number of hydrogen-bond acceptors (Lipinski definition) is 5. The molecule has 0 aliphatic carbocycles. The van der Waals surface area contributed by atoms with Crippen LogP contribution in [0.1, 0.15) is 11.1 Å². The molecule has 0 bridgehead atoms. The number of ether oxygens (including phenoxy) is 2. The van der Waals surface area contributed by atoms with Gasteiger partial charge >= 0.3 is 6.09 Å². The highest BCUT2D eigenvalue weighted by atomic mass is 16.6. The second-order valence-corrected chi connectivity index (χ2v) is 4.96. The smallest absolute Gasteiger partial charge is 0.417 e. The Bertz CT molecular complexity index is 735. The van der Waals surface area contributed by atoms with E-state index in [0.29, 0.717) is 24.7 Å². The quantitative estimate of drug-likeness (QED) is 0.810. The lowest BCUT2D eigenvalue weighted by molar-refractivity contribution is 0.0718. The van der Waals surface area contributed by atoms with Gasteiger partial charge in [0.15, 0.2) is 0 Å². The summed E-state index contributed by atoms with van der Waals surface area (Å²) in [6.07, 6.45) is 2.42. The fourth-order valence-corrected chi connectivity index (χ4v) is 2.15. The van der Waals surface area contributed by atoms with E-state index in [2.05, 4.69) is 21.8 Å². The summed E-state index contributed by atoms with van der Waals surface area (Å²) in [5, 5.41) is 0. The van der Waals surface area contributed by atoms with Gasteiger partial charge in [0.1, 0.15) is 6.10 Å². The van der Waals surface area contributed by atoms with E-state index in [-0.39, 0.29) is 6.10 Å². The fraction of sp³-hybridized carbons (Fsp3) is 0.235. The molecule has 1 fully saturated rings. The summed E-state index contributed by atoms with van der Waals surface area (Å²) >= 11 is 0. The summed E-state index contributed by atoms with van der Waals surface area (Å²) in [7, 11) is 1.56. The molecule has 116 valence electrons. The molecular formula is C17H15N3O3. The van der Waals surface area contributed by atoms with Crippen molar-refractivity contribution in [2.24, 2.45) is 0 Å². The molecule has 1 aliphatic rings. The summed E-state index contributed by atoms with van der Waals surface area (Å²) in [5.74, 6) is 6.32. The molecule has 0 spiro atoms. The van der Waals surface area contributed by atoms with Crippen LogP contribution in [0, 0.1) is 11.8 Å². The maximum atomic E-state index is 11.8. The van der Waals surface area contributed by atoms with Crippen molar-refractivity contribution >= 4 is 12.0 Å². The zero-order valence-electron chi connectivity index (χ0n) is 12.6. The van der Waals surface area contributed by atoms with Crippen LogP contribution < -0.4 is 4.90 Å². The van der Waals surface area contributed by atoms with Crippen LogP contribution in [-0.4, -0.2) is 42.4 Å². The van der Waals surface area contributed by atoms with Crippen LogP contribution in [0.25, 0.3) is 0 Å². The molecule has 23 heavy (non-hydrogen) atoms. The second-order valence-electron chi connectivity index (χ2n) is 4.96. The van der Waals surface area contributed by atoms with Gasteiger partial charge in [-0.2, -0.15) is 0 Å². The van der Waals surface area contributed by atoms with E-state index in [1.54, 1.807) is 19.5 Å². The maximum absolute atomic E-state index is 11.8. The largest absolute Gasteiger partial charge is 0.441 e. The third kappa shape index (κ3) is 3.65. The van der Waals surface area contributed by atoms with Gasteiger partial charge in [0.2, 0.25) is 5.95 Å². The van der Waals surface area contributed by atoms with Gasteiger partial charge in [-0.1, -0.05) is 30.0 Å². The standard InChI is InChI=1S/C17H15N3O3/c1-22-12-15-11-20(17(21)23-15)16-18-9-14(10-19-16)8-7-13-5-3-2-4-6-13/h2-6,9-10,15H,11-12H2,1H3/t15-/m0/s1. The number of carbonyl (C=O) groups is 1. The predicted molar refractivity (Wildman–Crippen MR) is 83.9 cm³/mol. The molecule has 1 saturated heterocycles. The topological polar surface area (TPSA) is 64.5 Å². The lowest BCUT2D eigenvalue weighted by Gasteiger charge is -2.09. The van der Waals surface area contributed by atoms with Gasteiger partial charge in [-0.15, -0.1) is 0 Å². The monoisotopic (exact) mass is 309 g/mol. The number of anilines is 1. The minimum atomic E-state index is -0.463. The summed E-state index contributed by atoms with van der Waals surface area (Å²) in [5.41, 5.74) is 1.60. The average molecular weight is 309 g/mol. The molecule has 6 nitrogen and oxygen atoms in total. The molecule has 3 rings (SSSR count). The van der Waals surface area contributed by atoms with Crippen molar-refractivity contribution in [3.8, 4) is 11.8 Å². The molecule has 2 aromatic rings. The lowest BCUT2D eigenvalue weighted by Crippen LogP contribution is -2.27. The van der Waals surface area contributed by atoms with Crippen LogP contribution in [0.3, 0.4) is 0 Å². The van der Waals surface area contributed by atoms with Crippen molar-refractivity contribution < 1.29 is 14.3 Å². The van der Waals surface area contributed by atoms with Crippen molar-refractivity contribution in [1.82, 2.24) is 9.97 Å². The molecule has 1 aromatic carbocycles. The van der Waals surface area contributed by atoms with E-state index in [9.17, 15) is 4.79 Å². The van der Waals surface area contributed by atoms with E-state index in [4.69, 9.17) is 9.47 Å². The van der Waals surface area contributed by atoms with Crippen molar-refractivity contribution in [3.05, 3.63) is 53.9 Å². The van der Waals surface area contributed by atoms with Gasteiger partial charge in [-0.05, 0) is 12.1 Å². The first-order chi connectivity index (χ1) is 11.3. The number of aromatic nitrogens is 2. The fourth-order valence-electron chi connectivity index (χ4n) is 2.15. The number of amides is 1. The first kappa shape index (κ1) is 15.0. The molecule has 0 N–H and O–H groups in total. The molecule has 1 aliphatic heterocycles. The van der Waals surface area contributed by atoms with Crippen LogP contribution >= 0.6 is 0 Å². The third-order valence-corrected chi connectivity index (χ3v) is 3.23. The number of benzene rings is 1. The van der Waals surface area contributed by atoms with Crippen LogP contribution in [0.5, 0.6) is 0 Å². The number of carbonyl (C=O) groups excluding carboxylic acids is 1. The normalized spacial score (nSPS) is 16.7. The summed E-state index contributed by atoms with van der Waals surface area (Å²) in [6.45, 7) is 0.727. The first-order valence-corrected chi connectivity index (χ1v) is 7.12. The van der Waals surface area contributed by atoms with Crippen molar-refractivity contribution in [2.45, 2.75) is 6.10 Å². The highest BCUT2D eigenvalue weighted by Crippen LogP contribution is 2.17. The van der Waals surface area contributed by atoms with Crippen molar-refractivity contribution in [2.75, 3.05) is 25.2 Å². The van der Waals surface area contributed by atoms with Gasteiger partial charge in [-0.3, -0.25) is 0 Å². The van der Waals surface area contributed by atoms with Gasteiger partial charge in [0, 0.05) is 25.1 Å². The number of cyclic esters (lactones) is 1. The molecule has 6 heteroatoms. The highest BCUT2D eigenvalue weighted by Gasteiger charge is 2.33. The molecule has 2 heterocycles. The van der Waals surface area contributed by atoms with Crippen LogP contribution in [0.2, 0.25) is 0 Å². The third-order valence-electron chi connectivity index (χ3n) is 3.23. The summed E-state index contributed by atoms with van der Waals surface area (Å²) < 4.78 is 10.1. The maximum Gasteiger partial charge on any atom is 0.417 e. The summed E-state index contributed by atoms with van der Waals surface area (Å²) in [6, 6.07) is 9.66. The van der Waals surface area contributed by atoms with Crippen LogP contribution in [-0.2, 0) is 9.47 Å². The zero-order valence-corrected chi connectivity index (χ0v) is 12.6. The van der Waals surface area contributed by atoms with E-state index >= 15 is 0 Å². The molecule has 0 radical (unpaired) electrons. The van der Waals surface area contributed by atoms with E-state index < -0.39 is 6.09 Å². The number of rotatable bonds is 3. The molecule has 1 atom stereocenters. The Balaban J connectivity index is 1.71. The number of methoxy groups -OCH3 is 1. The Kier molecular flexibility index (Phi) is 4.50. The van der Waals surface area contributed by atoms with Crippen LogP contribution in [0.15, 0.2) is 42.7 Å². The first-order valence-electron chi connectivity index (χ1n) is 7.12. The predicted octanol–water partition coefficient (Wildman–Crippen LogP) is 1.85.